The summed E-state index contributed by atoms with van der Waals surface area (Å²) < 4.78 is 23.2. The quantitative estimate of drug-likeness (QED) is 0.845. The minimum Gasteiger partial charge on any atom is -0.335 e. The Labute approximate surface area is 156 Å². The Bertz CT molecular complexity index is 957. The second kappa shape index (κ2) is 6.77. The average molecular weight is 387 g/mol. The molecule has 4 rings (SSSR count). The van der Waals surface area contributed by atoms with Crippen molar-refractivity contribution in [1.82, 2.24) is 0 Å². The number of carbonyl (C=O) groups is 1. The maximum atomic E-state index is 12.2. The predicted octanol–water partition coefficient (Wildman–Crippen LogP) is 2.62. The van der Waals surface area contributed by atoms with Crippen LogP contribution in [-0.2, 0) is 9.84 Å². The molecule has 0 radical (unpaired) electrons. The molecule has 1 saturated heterocycles. The third-order valence-electron chi connectivity index (χ3n) is 4.25. The van der Waals surface area contributed by atoms with Crippen LogP contribution < -0.4 is 10.6 Å². The molecular weight excluding hydrogens is 370 g/mol. The van der Waals surface area contributed by atoms with Crippen molar-refractivity contribution in [2.75, 3.05) is 22.1 Å². The number of hydrogen-bond donors (Lipinski definition) is 2. The highest BCUT2D eigenvalue weighted by Gasteiger charge is 2.42. The summed E-state index contributed by atoms with van der Waals surface area (Å²) in [6, 6.07) is 16.2. The lowest BCUT2D eigenvalue weighted by molar-refractivity contribution is 0.102. The van der Waals surface area contributed by atoms with E-state index in [2.05, 4.69) is 15.6 Å². The summed E-state index contributed by atoms with van der Waals surface area (Å²) >= 11 is 1.47. The first-order chi connectivity index (χ1) is 12.5. The van der Waals surface area contributed by atoms with E-state index in [1.807, 2.05) is 42.5 Å². The van der Waals surface area contributed by atoms with Crippen molar-refractivity contribution in [1.29, 1.82) is 0 Å². The molecule has 2 N–H and O–H groups in total. The first-order valence-electron chi connectivity index (χ1n) is 8.17. The molecular formula is C18H17N3O3S2. The van der Waals surface area contributed by atoms with Gasteiger partial charge < -0.3 is 10.6 Å². The molecule has 2 aromatic rings. The highest BCUT2D eigenvalue weighted by atomic mass is 32.2. The number of sulfone groups is 1. The third kappa shape index (κ3) is 3.76. The van der Waals surface area contributed by atoms with Gasteiger partial charge in [-0.15, -0.1) is 0 Å². The minimum absolute atomic E-state index is 0.0124. The molecule has 0 aromatic heterocycles. The maximum absolute atomic E-state index is 12.2. The van der Waals surface area contributed by atoms with Crippen molar-refractivity contribution < 1.29 is 13.2 Å². The van der Waals surface area contributed by atoms with Gasteiger partial charge in [-0.2, -0.15) is 0 Å². The number of carbonyl (C=O) groups excluding carboxylic acids is 1. The molecule has 2 aromatic carbocycles. The summed E-state index contributed by atoms with van der Waals surface area (Å²) in [6.07, 6.45) is 0. The van der Waals surface area contributed by atoms with Crippen LogP contribution in [0, 0.1) is 0 Å². The SMILES string of the molecule is O=C(Nc1ccccc1)c1ccc(NC2=N[C@H]3CS(=O)(=O)C[C@H]3S2)cc1. The zero-order valence-corrected chi connectivity index (χ0v) is 15.4. The molecule has 0 unspecified atom stereocenters. The van der Waals surface area contributed by atoms with Crippen LogP contribution in [0.15, 0.2) is 59.6 Å². The number of thioether (sulfide) groups is 1. The smallest absolute Gasteiger partial charge is 0.255 e. The van der Waals surface area contributed by atoms with Gasteiger partial charge in [0, 0.05) is 22.2 Å². The average Bonchev–Trinajstić information content (AvgIpc) is 3.09. The van der Waals surface area contributed by atoms with Crippen molar-refractivity contribution in [2.45, 2.75) is 11.3 Å². The summed E-state index contributed by atoms with van der Waals surface area (Å²) in [5.41, 5.74) is 2.12. The van der Waals surface area contributed by atoms with Crippen molar-refractivity contribution in [2.24, 2.45) is 4.99 Å². The molecule has 8 heteroatoms. The second-order valence-corrected chi connectivity index (χ2v) is 9.64. The number of rotatable bonds is 3. The Hall–Kier alpha value is -2.32. The normalized spacial score (nSPS) is 23.2. The topological polar surface area (TPSA) is 87.6 Å². The van der Waals surface area contributed by atoms with E-state index >= 15 is 0 Å². The third-order valence-corrected chi connectivity index (χ3v) is 7.39. The van der Waals surface area contributed by atoms with Gasteiger partial charge in [-0.1, -0.05) is 30.0 Å². The van der Waals surface area contributed by atoms with Crippen molar-refractivity contribution in [3.63, 3.8) is 0 Å². The van der Waals surface area contributed by atoms with Crippen LogP contribution >= 0.6 is 11.8 Å². The standard InChI is InChI=1S/C18H17N3O3S2/c22-17(19-13-4-2-1-3-5-13)12-6-8-14(9-7-12)20-18-21-15-10-26(23,24)11-16(15)25-18/h1-9,15-16H,10-11H2,(H,19,22)(H,20,21)/t15-,16+/m0/s1. The van der Waals surface area contributed by atoms with E-state index in [1.165, 1.54) is 11.8 Å². The molecule has 26 heavy (non-hydrogen) atoms. The Morgan fingerprint density at radius 1 is 1.00 bits per heavy atom. The van der Waals surface area contributed by atoms with Gasteiger partial charge in [-0.25, -0.2) is 8.42 Å². The lowest BCUT2D eigenvalue weighted by Crippen LogP contribution is -2.13. The molecule has 0 bridgehead atoms. The molecule has 2 aliphatic heterocycles. The number of para-hydroxylation sites is 1. The molecule has 6 nitrogen and oxygen atoms in total. The van der Waals surface area contributed by atoms with Gasteiger partial charge in [0.15, 0.2) is 15.0 Å². The van der Waals surface area contributed by atoms with E-state index in [9.17, 15) is 13.2 Å². The first-order valence-corrected chi connectivity index (χ1v) is 10.9. The van der Waals surface area contributed by atoms with E-state index in [0.29, 0.717) is 5.56 Å². The fourth-order valence-electron chi connectivity index (χ4n) is 2.97. The summed E-state index contributed by atoms with van der Waals surface area (Å²) in [5.74, 6) is 0.152. The molecule has 1 amide bonds. The van der Waals surface area contributed by atoms with Crippen LogP contribution in [0.1, 0.15) is 10.4 Å². The van der Waals surface area contributed by atoms with Gasteiger partial charge in [-0.3, -0.25) is 9.79 Å². The lowest BCUT2D eigenvalue weighted by atomic mass is 10.2. The first kappa shape index (κ1) is 17.1. The van der Waals surface area contributed by atoms with Crippen LogP contribution in [0.5, 0.6) is 0 Å². The van der Waals surface area contributed by atoms with Crippen molar-refractivity contribution >= 4 is 44.0 Å². The number of nitrogens with one attached hydrogen (secondary N) is 2. The van der Waals surface area contributed by atoms with Crippen LogP contribution in [-0.4, -0.2) is 42.3 Å². The second-order valence-electron chi connectivity index (χ2n) is 6.26. The molecule has 2 atom stereocenters. The van der Waals surface area contributed by atoms with Gasteiger partial charge >= 0.3 is 0 Å². The predicted molar refractivity (Wildman–Crippen MR) is 106 cm³/mol. The number of hydrogen-bond acceptors (Lipinski definition) is 6. The zero-order valence-electron chi connectivity index (χ0n) is 13.8. The Kier molecular flexibility index (Phi) is 4.46. The van der Waals surface area contributed by atoms with Crippen molar-refractivity contribution in [3.8, 4) is 0 Å². The van der Waals surface area contributed by atoms with E-state index < -0.39 is 9.84 Å². The monoisotopic (exact) mass is 387 g/mol. The van der Waals surface area contributed by atoms with E-state index in [0.717, 1.165) is 16.5 Å². The Morgan fingerprint density at radius 3 is 2.42 bits per heavy atom. The number of anilines is 2. The van der Waals surface area contributed by atoms with Crippen LogP contribution in [0.4, 0.5) is 11.4 Å². The number of benzene rings is 2. The molecule has 0 saturated carbocycles. The van der Waals surface area contributed by atoms with Gasteiger partial charge in [-0.05, 0) is 36.4 Å². The minimum atomic E-state index is -2.94. The molecule has 2 aliphatic rings. The van der Waals surface area contributed by atoms with Gasteiger partial charge in [0.05, 0.1) is 17.5 Å². The van der Waals surface area contributed by atoms with E-state index in [-0.39, 0.29) is 28.7 Å². The summed E-state index contributed by atoms with van der Waals surface area (Å²) in [5, 5.41) is 6.79. The highest BCUT2D eigenvalue weighted by molar-refractivity contribution is 8.15. The largest absolute Gasteiger partial charge is 0.335 e. The van der Waals surface area contributed by atoms with E-state index in [4.69, 9.17) is 0 Å². The molecule has 0 spiro atoms. The lowest BCUT2D eigenvalue weighted by Gasteiger charge is -2.08. The van der Waals surface area contributed by atoms with Crippen LogP contribution in [0.2, 0.25) is 0 Å². The Balaban J connectivity index is 1.39. The number of amidine groups is 1. The number of fused-ring (bicyclic) bond motifs is 1. The molecule has 134 valence electrons. The molecule has 2 heterocycles. The summed E-state index contributed by atoms with van der Waals surface area (Å²) in [7, 11) is -2.94. The number of nitrogens with zero attached hydrogens (tertiary/aromatic N) is 1. The number of aliphatic imine (C=N–C) groups is 1. The zero-order chi connectivity index (χ0) is 18.1. The van der Waals surface area contributed by atoms with Gasteiger partial charge in [0.1, 0.15) is 0 Å². The fourth-order valence-corrected chi connectivity index (χ4v) is 6.65. The summed E-state index contributed by atoms with van der Waals surface area (Å²) in [4.78, 5) is 16.7. The van der Waals surface area contributed by atoms with E-state index in [1.54, 1.807) is 12.1 Å². The fraction of sp³-hybridized carbons (Fsp3) is 0.222. The van der Waals surface area contributed by atoms with Crippen LogP contribution in [0.3, 0.4) is 0 Å². The maximum Gasteiger partial charge on any atom is 0.255 e. The van der Waals surface area contributed by atoms with Gasteiger partial charge in [0.25, 0.3) is 5.91 Å². The molecule has 1 fully saturated rings. The van der Waals surface area contributed by atoms with Crippen molar-refractivity contribution in [3.05, 3.63) is 60.2 Å². The summed E-state index contributed by atoms with van der Waals surface area (Å²) in [6.45, 7) is 0. The Morgan fingerprint density at radius 2 is 1.73 bits per heavy atom. The van der Waals surface area contributed by atoms with Gasteiger partial charge in [0.2, 0.25) is 0 Å². The van der Waals surface area contributed by atoms with Crippen LogP contribution in [0.25, 0.3) is 0 Å². The number of amides is 1. The molecule has 0 aliphatic carbocycles. The highest BCUT2D eigenvalue weighted by Crippen LogP contribution is 2.34.